The maximum absolute atomic E-state index is 4.60. The molecular weight excluding hydrogens is 310 g/mol. The number of nitrogens with zero attached hydrogens (tertiary/aromatic N) is 4. The summed E-state index contributed by atoms with van der Waals surface area (Å²) in [7, 11) is 1.97. The quantitative estimate of drug-likeness (QED) is 0.572. The van der Waals surface area contributed by atoms with Crippen LogP contribution in [0, 0.1) is 6.92 Å². The number of aromatic nitrogens is 4. The minimum absolute atomic E-state index is 0.896. The average Bonchev–Trinajstić information content (AvgIpc) is 3.20. The number of unbranched alkanes of at least 4 members (excludes halogenated alkanes) is 1. The van der Waals surface area contributed by atoms with Crippen molar-refractivity contribution in [2.75, 3.05) is 5.32 Å². The van der Waals surface area contributed by atoms with E-state index in [4.69, 9.17) is 0 Å². The van der Waals surface area contributed by atoms with Gasteiger partial charge in [0.1, 0.15) is 5.82 Å². The van der Waals surface area contributed by atoms with Crippen LogP contribution in [-0.4, -0.2) is 19.3 Å². The van der Waals surface area contributed by atoms with Gasteiger partial charge in [0.15, 0.2) is 0 Å². The first-order chi connectivity index (χ1) is 12.2. The molecule has 0 saturated carbocycles. The molecule has 0 aliphatic rings. The SMILES string of the molecule is CCCCn1ccc2c(Nc3c(C)ccc4c3cnn4C)nccc21. The summed E-state index contributed by atoms with van der Waals surface area (Å²) >= 11 is 0. The molecule has 0 spiro atoms. The first kappa shape index (κ1) is 15.7. The van der Waals surface area contributed by atoms with Gasteiger partial charge in [-0.1, -0.05) is 19.4 Å². The monoisotopic (exact) mass is 333 g/mol. The van der Waals surface area contributed by atoms with E-state index >= 15 is 0 Å². The fraction of sp³-hybridized carbons (Fsp3) is 0.300. The highest BCUT2D eigenvalue weighted by atomic mass is 15.2. The summed E-state index contributed by atoms with van der Waals surface area (Å²) < 4.78 is 4.21. The van der Waals surface area contributed by atoms with Crippen molar-refractivity contribution in [2.45, 2.75) is 33.2 Å². The van der Waals surface area contributed by atoms with Crippen molar-refractivity contribution >= 4 is 33.3 Å². The number of pyridine rings is 1. The number of rotatable bonds is 5. The van der Waals surface area contributed by atoms with Crippen molar-refractivity contribution in [3.8, 4) is 0 Å². The lowest BCUT2D eigenvalue weighted by atomic mass is 10.1. The second kappa shape index (κ2) is 6.24. The zero-order chi connectivity index (χ0) is 17.4. The lowest BCUT2D eigenvalue weighted by Crippen LogP contribution is -1.99. The Morgan fingerprint density at radius 2 is 1.96 bits per heavy atom. The van der Waals surface area contributed by atoms with E-state index in [0.29, 0.717) is 0 Å². The molecule has 25 heavy (non-hydrogen) atoms. The van der Waals surface area contributed by atoms with Gasteiger partial charge in [0.25, 0.3) is 0 Å². The summed E-state index contributed by atoms with van der Waals surface area (Å²) in [5.41, 5.74) is 4.60. The maximum atomic E-state index is 4.60. The van der Waals surface area contributed by atoms with Crippen molar-refractivity contribution in [1.29, 1.82) is 0 Å². The molecule has 4 rings (SSSR count). The molecule has 0 saturated heterocycles. The average molecular weight is 333 g/mol. The zero-order valence-corrected chi connectivity index (χ0v) is 15.0. The molecule has 0 bridgehead atoms. The topological polar surface area (TPSA) is 47.7 Å². The number of aryl methyl sites for hydroxylation is 3. The molecule has 0 atom stereocenters. The van der Waals surface area contributed by atoms with Crippen LogP contribution in [0.1, 0.15) is 25.3 Å². The summed E-state index contributed by atoms with van der Waals surface area (Å²) in [6, 6.07) is 8.48. The summed E-state index contributed by atoms with van der Waals surface area (Å²) in [6.07, 6.45) is 8.33. The fourth-order valence-electron chi connectivity index (χ4n) is 3.37. The van der Waals surface area contributed by atoms with Crippen LogP contribution in [0.25, 0.3) is 21.8 Å². The van der Waals surface area contributed by atoms with Gasteiger partial charge in [-0.3, -0.25) is 4.68 Å². The van der Waals surface area contributed by atoms with Gasteiger partial charge in [-0.05, 0) is 37.1 Å². The van der Waals surface area contributed by atoms with Gasteiger partial charge in [-0.2, -0.15) is 5.10 Å². The molecule has 1 N–H and O–H groups in total. The summed E-state index contributed by atoms with van der Waals surface area (Å²) in [5.74, 6) is 0.896. The van der Waals surface area contributed by atoms with Crippen molar-refractivity contribution in [3.05, 3.63) is 48.4 Å². The Morgan fingerprint density at radius 3 is 2.80 bits per heavy atom. The van der Waals surface area contributed by atoms with Gasteiger partial charge < -0.3 is 9.88 Å². The fourth-order valence-corrected chi connectivity index (χ4v) is 3.37. The zero-order valence-electron chi connectivity index (χ0n) is 15.0. The van der Waals surface area contributed by atoms with Crippen LogP contribution in [0.15, 0.2) is 42.9 Å². The minimum Gasteiger partial charge on any atom is -0.347 e. The van der Waals surface area contributed by atoms with Crippen LogP contribution >= 0.6 is 0 Å². The summed E-state index contributed by atoms with van der Waals surface area (Å²) in [5, 5.41) is 10.2. The molecule has 128 valence electrons. The number of benzene rings is 1. The lowest BCUT2D eigenvalue weighted by Gasteiger charge is -2.12. The minimum atomic E-state index is 0.896. The third kappa shape index (κ3) is 2.65. The number of fused-ring (bicyclic) bond motifs is 2. The Labute approximate surface area is 147 Å². The Bertz CT molecular complexity index is 1040. The highest BCUT2D eigenvalue weighted by Crippen LogP contribution is 2.32. The summed E-state index contributed by atoms with van der Waals surface area (Å²) in [4.78, 5) is 4.60. The molecule has 0 aliphatic heterocycles. The van der Waals surface area contributed by atoms with Gasteiger partial charge in [0, 0.05) is 36.8 Å². The van der Waals surface area contributed by atoms with Crippen molar-refractivity contribution in [1.82, 2.24) is 19.3 Å². The second-order valence-electron chi connectivity index (χ2n) is 6.54. The molecular formula is C20H23N5. The standard InChI is InChI=1S/C20H23N5/c1-4-5-11-25-12-9-15-18(25)8-10-21-20(15)23-19-14(2)6-7-17-16(19)13-22-24(17)3/h6-10,12-13H,4-5,11H2,1-3H3,(H,21,23). The number of anilines is 2. The highest BCUT2D eigenvalue weighted by Gasteiger charge is 2.12. The van der Waals surface area contributed by atoms with Gasteiger partial charge in [-0.15, -0.1) is 0 Å². The lowest BCUT2D eigenvalue weighted by molar-refractivity contribution is 0.650. The van der Waals surface area contributed by atoms with Crippen LogP contribution in [0.5, 0.6) is 0 Å². The molecule has 0 fully saturated rings. The highest BCUT2D eigenvalue weighted by molar-refractivity contribution is 5.98. The third-order valence-electron chi connectivity index (χ3n) is 4.83. The third-order valence-corrected chi connectivity index (χ3v) is 4.83. The van der Waals surface area contributed by atoms with Crippen LogP contribution in [0.3, 0.4) is 0 Å². The Hall–Kier alpha value is -2.82. The van der Waals surface area contributed by atoms with Crippen LogP contribution in [0.2, 0.25) is 0 Å². The van der Waals surface area contributed by atoms with Crippen molar-refractivity contribution < 1.29 is 0 Å². The van der Waals surface area contributed by atoms with E-state index in [-0.39, 0.29) is 0 Å². The van der Waals surface area contributed by atoms with E-state index < -0.39 is 0 Å². The molecule has 3 heterocycles. The first-order valence-corrected chi connectivity index (χ1v) is 8.81. The molecule has 1 aromatic carbocycles. The van der Waals surface area contributed by atoms with E-state index in [1.165, 1.54) is 23.9 Å². The molecule has 0 amide bonds. The predicted molar refractivity (Wildman–Crippen MR) is 103 cm³/mol. The van der Waals surface area contributed by atoms with Crippen molar-refractivity contribution in [3.63, 3.8) is 0 Å². The van der Waals surface area contributed by atoms with E-state index in [2.05, 4.69) is 64.3 Å². The van der Waals surface area contributed by atoms with Crippen molar-refractivity contribution in [2.24, 2.45) is 7.05 Å². The smallest absolute Gasteiger partial charge is 0.139 e. The molecule has 4 aromatic rings. The van der Waals surface area contributed by atoms with Crippen LogP contribution in [-0.2, 0) is 13.6 Å². The van der Waals surface area contributed by atoms with E-state index in [9.17, 15) is 0 Å². The Balaban J connectivity index is 1.79. The van der Waals surface area contributed by atoms with E-state index in [0.717, 1.165) is 34.3 Å². The van der Waals surface area contributed by atoms with E-state index in [1.54, 1.807) is 0 Å². The Morgan fingerprint density at radius 1 is 1.08 bits per heavy atom. The number of hydrogen-bond acceptors (Lipinski definition) is 3. The number of hydrogen-bond donors (Lipinski definition) is 1. The normalized spacial score (nSPS) is 11.5. The van der Waals surface area contributed by atoms with E-state index in [1.807, 2.05) is 24.1 Å². The first-order valence-electron chi connectivity index (χ1n) is 8.81. The molecule has 0 unspecified atom stereocenters. The second-order valence-corrected chi connectivity index (χ2v) is 6.54. The van der Waals surface area contributed by atoms with Crippen LogP contribution < -0.4 is 5.32 Å². The largest absolute Gasteiger partial charge is 0.347 e. The van der Waals surface area contributed by atoms with Crippen LogP contribution in [0.4, 0.5) is 11.5 Å². The predicted octanol–water partition coefficient (Wildman–Crippen LogP) is 4.78. The molecule has 0 aliphatic carbocycles. The summed E-state index contributed by atoms with van der Waals surface area (Å²) in [6.45, 7) is 5.37. The van der Waals surface area contributed by atoms with Gasteiger partial charge in [0.2, 0.25) is 0 Å². The number of nitrogens with one attached hydrogen (secondary N) is 1. The van der Waals surface area contributed by atoms with Gasteiger partial charge >= 0.3 is 0 Å². The Kier molecular flexibility index (Phi) is 3.92. The molecule has 3 aromatic heterocycles. The molecule has 5 nitrogen and oxygen atoms in total. The maximum Gasteiger partial charge on any atom is 0.139 e. The van der Waals surface area contributed by atoms with Gasteiger partial charge in [-0.25, -0.2) is 4.98 Å². The molecule has 5 heteroatoms. The molecule has 0 radical (unpaired) electrons. The van der Waals surface area contributed by atoms with Gasteiger partial charge in [0.05, 0.1) is 22.9 Å².